The van der Waals surface area contributed by atoms with Crippen molar-refractivity contribution in [2.24, 2.45) is 5.92 Å². The van der Waals surface area contributed by atoms with Crippen LogP contribution in [-0.2, 0) is 28.9 Å². The lowest BCUT2D eigenvalue weighted by Gasteiger charge is -2.16. The van der Waals surface area contributed by atoms with Crippen molar-refractivity contribution < 1.29 is 19.1 Å². The number of nitrogens with one attached hydrogen (secondary N) is 1. The summed E-state index contributed by atoms with van der Waals surface area (Å²) in [7, 11) is 1.28. The molecule has 0 fully saturated rings. The van der Waals surface area contributed by atoms with Crippen LogP contribution in [0.5, 0.6) is 0 Å². The zero-order valence-electron chi connectivity index (χ0n) is 16.1. The molecule has 0 amide bonds. The lowest BCUT2D eigenvalue weighted by atomic mass is 9.90. The molecule has 0 aliphatic heterocycles. The number of ether oxygens (including phenoxy) is 2. The molecule has 3 aromatic rings. The molecular formula is C21H20N2O5S. The number of nitrogens with zero attached hydrogens (tertiary/aromatic N) is 1. The number of hydrogen-bond donors (Lipinski definition) is 1. The summed E-state index contributed by atoms with van der Waals surface area (Å²) in [6, 6.07) is 6.41. The van der Waals surface area contributed by atoms with E-state index in [1.165, 1.54) is 47.1 Å². The maximum absolute atomic E-state index is 12.5. The average Bonchev–Trinajstić information content (AvgIpc) is 3.14. The largest absolute Gasteiger partial charge is 0.465 e. The van der Waals surface area contributed by atoms with Crippen molar-refractivity contribution in [3.05, 3.63) is 61.3 Å². The van der Waals surface area contributed by atoms with Crippen LogP contribution in [-0.4, -0.2) is 29.0 Å². The van der Waals surface area contributed by atoms with Crippen molar-refractivity contribution in [3.63, 3.8) is 0 Å². The third-order valence-electron chi connectivity index (χ3n) is 5.05. The number of esters is 2. The third-order valence-corrected chi connectivity index (χ3v) is 6.26. The molecular weight excluding hydrogens is 392 g/mol. The number of aromatic amines is 1. The zero-order chi connectivity index (χ0) is 20.5. The molecule has 0 radical (unpaired) electrons. The highest BCUT2D eigenvalue weighted by Gasteiger charge is 2.21. The summed E-state index contributed by atoms with van der Waals surface area (Å²) in [6.45, 7) is 2.05. The normalized spacial score (nSPS) is 15.7. The molecule has 1 aromatic carbocycles. The van der Waals surface area contributed by atoms with Gasteiger partial charge in [-0.1, -0.05) is 6.92 Å². The maximum atomic E-state index is 12.5. The second-order valence-electron chi connectivity index (χ2n) is 7.22. The van der Waals surface area contributed by atoms with E-state index in [2.05, 4.69) is 16.9 Å². The molecule has 150 valence electrons. The fourth-order valence-electron chi connectivity index (χ4n) is 3.51. The minimum atomic E-state index is -0.516. The standard InChI is InChI=1S/C21H20N2O5S/c1-11-3-6-16-13(7-11)9-17(29-16)21(26)28-10-18-22-15-8-12(20(25)27-2)4-5-14(15)19(24)23-18/h4-5,8-9,11H,3,6-7,10H2,1-2H3,(H,22,23,24)/t11-/m0/s1. The van der Waals surface area contributed by atoms with Crippen molar-refractivity contribution in [1.29, 1.82) is 0 Å². The van der Waals surface area contributed by atoms with Gasteiger partial charge in [0.2, 0.25) is 0 Å². The summed E-state index contributed by atoms with van der Waals surface area (Å²) in [4.78, 5) is 45.2. The summed E-state index contributed by atoms with van der Waals surface area (Å²) < 4.78 is 10.1. The zero-order valence-corrected chi connectivity index (χ0v) is 16.9. The molecule has 0 saturated carbocycles. The molecule has 29 heavy (non-hydrogen) atoms. The number of thiophene rings is 1. The second-order valence-corrected chi connectivity index (χ2v) is 8.36. The highest BCUT2D eigenvalue weighted by molar-refractivity contribution is 7.14. The average molecular weight is 412 g/mol. The van der Waals surface area contributed by atoms with Gasteiger partial charge in [-0.25, -0.2) is 14.6 Å². The first-order valence-corrected chi connectivity index (χ1v) is 10.2. The minimum Gasteiger partial charge on any atom is -0.465 e. The van der Waals surface area contributed by atoms with E-state index in [1.807, 2.05) is 6.07 Å². The first-order valence-electron chi connectivity index (χ1n) is 9.34. The molecule has 0 unspecified atom stereocenters. The van der Waals surface area contributed by atoms with Gasteiger partial charge in [-0.05, 0) is 55.0 Å². The van der Waals surface area contributed by atoms with E-state index in [-0.39, 0.29) is 18.0 Å². The Bertz CT molecular complexity index is 1160. The third kappa shape index (κ3) is 3.93. The first-order chi connectivity index (χ1) is 13.9. The highest BCUT2D eigenvalue weighted by atomic mass is 32.1. The Morgan fingerprint density at radius 2 is 2.10 bits per heavy atom. The van der Waals surface area contributed by atoms with Crippen LogP contribution in [0.25, 0.3) is 10.9 Å². The maximum Gasteiger partial charge on any atom is 0.348 e. The molecule has 0 saturated heterocycles. The van der Waals surface area contributed by atoms with Crippen molar-refractivity contribution in [2.75, 3.05) is 7.11 Å². The molecule has 0 spiro atoms. The van der Waals surface area contributed by atoms with Gasteiger partial charge in [-0.3, -0.25) is 4.79 Å². The van der Waals surface area contributed by atoms with Crippen LogP contribution in [0.3, 0.4) is 0 Å². The summed E-state index contributed by atoms with van der Waals surface area (Å²) in [6.07, 6.45) is 3.12. The number of fused-ring (bicyclic) bond motifs is 2. The Hall–Kier alpha value is -3.00. The van der Waals surface area contributed by atoms with Crippen LogP contribution >= 0.6 is 11.3 Å². The number of aromatic nitrogens is 2. The summed E-state index contributed by atoms with van der Waals surface area (Å²) in [5, 5.41) is 0.341. The topological polar surface area (TPSA) is 98.4 Å². The molecule has 0 bridgehead atoms. The van der Waals surface area contributed by atoms with E-state index < -0.39 is 11.9 Å². The number of rotatable bonds is 4. The number of carbonyl (C=O) groups is 2. The number of carbonyl (C=O) groups excluding carboxylic acids is 2. The van der Waals surface area contributed by atoms with E-state index in [4.69, 9.17) is 9.47 Å². The van der Waals surface area contributed by atoms with Crippen molar-refractivity contribution in [3.8, 4) is 0 Å². The van der Waals surface area contributed by atoms with Crippen LogP contribution < -0.4 is 5.56 Å². The molecule has 7 nitrogen and oxygen atoms in total. The van der Waals surface area contributed by atoms with Crippen LogP contribution in [0, 0.1) is 5.92 Å². The monoisotopic (exact) mass is 412 g/mol. The fraction of sp³-hybridized carbons (Fsp3) is 0.333. The van der Waals surface area contributed by atoms with Crippen molar-refractivity contribution in [1.82, 2.24) is 9.97 Å². The minimum absolute atomic E-state index is 0.161. The lowest BCUT2D eigenvalue weighted by molar-refractivity contribution is 0.0467. The molecule has 1 N–H and O–H groups in total. The number of H-pyrrole nitrogens is 1. The van der Waals surface area contributed by atoms with Crippen LogP contribution in [0.15, 0.2) is 29.1 Å². The van der Waals surface area contributed by atoms with E-state index in [0.717, 1.165) is 19.3 Å². The van der Waals surface area contributed by atoms with Gasteiger partial charge >= 0.3 is 11.9 Å². The predicted molar refractivity (Wildman–Crippen MR) is 108 cm³/mol. The van der Waals surface area contributed by atoms with Gasteiger partial charge in [0.25, 0.3) is 5.56 Å². The SMILES string of the molecule is COC(=O)c1ccc2c(=O)[nH]c(COC(=O)c3cc4c(s3)CC[C@H](C)C4)nc2c1. The first kappa shape index (κ1) is 19.3. The number of methoxy groups -OCH3 is 1. The van der Waals surface area contributed by atoms with Crippen LogP contribution in [0.1, 0.15) is 49.6 Å². The summed E-state index contributed by atoms with van der Waals surface area (Å²) >= 11 is 1.48. The molecule has 1 aliphatic rings. The van der Waals surface area contributed by atoms with Crippen LogP contribution in [0.4, 0.5) is 0 Å². The van der Waals surface area contributed by atoms with E-state index in [1.54, 1.807) is 0 Å². The Balaban J connectivity index is 1.52. The van der Waals surface area contributed by atoms with Gasteiger partial charge in [0.05, 0.1) is 23.6 Å². The van der Waals surface area contributed by atoms with Gasteiger partial charge in [-0.2, -0.15) is 0 Å². The van der Waals surface area contributed by atoms with E-state index in [0.29, 0.717) is 27.3 Å². The highest BCUT2D eigenvalue weighted by Crippen LogP contribution is 2.32. The van der Waals surface area contributed by atoms with Gasteiger partial charge in [0, 0.05) is 4.88 Å². The molecule has 1 atom stereocenters. The van der Waals surface area contributed by atoms with E-state index in [9.17, 15) is 14.4 Å². The Labute approximate surface area is 170 Å². The number of hydrogen-bond acceptors (Lipinski definition) is 7. The van der Waals surface area contributed by atoms with Crippen molar-refractivity contribution >= 4 is 34.2 Å². The van der Waals surface area contributed by atoms with E-state index >= 15 is 0 Å². The molecule has 2 heterocycles. The summed E-state index contributed by atoms with van der Waals surface area (Å²) in [5.74, 6) is -0.100. The Kier molecular flexibility index (Phi) is 5.19. The quantitative estimate of drug-likeness (QED) is 0.661. The van der Waals surface area contributed by atoms with Gasteiger partial charge < -0.3 is 14.5 Å². The molecule has 8 heteroatoms. The van der Waals surface area contributed by atoms with Gasteiger partial charge in [0.1, 0.15) is 17.3 Å². The second kappa shape index (κ2) is 7.79. The Morgan fingerprint density at radius 1 is 1.28 bits per heavy atom. The smallest absolute Gasteiger partial charge is 0.348 e. The number of aryl methyl sites for hydroxylation is 1. The lowest BCUT2D eigenvalue weighted by Crippen LogP contribution is -2.15. The fourth-order valence-corrected chi connectivity index (χ4v) is 4.61. The predicted octanol–water partition coefficient (Wildman–Crippen LogP) is 3.25. The molecule has 4 rings (SSSR count). The molecule has 1 aliphatic carbocycles. The van der Waals surface area contributed by atoms with Crippen molar-refractivity contribution in [2.45, 2.75) is 32.8 Å². The Morgan fingerprint density at radius 3 is 2.90 bits per heavy atom. The van der Waals surface area contributed by atoms with Gasteiger partial charge in [0.15, 0.2) is 0 Å². The summed E-state index contributed by atoms with van der Waals surface area (Å²) in [5.41, 5.74) is 1.49. The molecule has 2 aromatic heterocycles. The number of benzene rings is 1. The van der Waals surface area contributed by atoms with Gasteiger partial charge in [-0.15, -0.1) is 11.3 Å². The van der Waals surface area contributed by atoms with Crippen LogP contribution in [0.2, 0.25) is 0 Å².